The van der Waals surface area contributed by atoms with Gasteiger partial charge >= 0.3 is 0 Å². The summed E-state index contributed by atoms with van der Waals surface area (Å²) < 4.78 is 2.23. The van der Waals surface area contributed by atoms with Crippen molar-refractivity contribution in [1.82, 2.24) is 9.47 Å². The van der Waals surface area contributed by atoms with Crippen molar-refractivity contribution < 1.29 is 9.59 Å². The summed E-state index contributed by atoms with van der Waals surface area (Å²) in [5.41, 5.74) is 4.22. The molecule has 7 rings (SSSR count). The topological polar surface area (TPSA) is 42.3 Å². The van der Waals surface area contributed by atoms with Gasteiger partial charge in [0.25, 0.3) is 11.1 Å². The van der Waals surface area contributed by atoms with E-state index in [0.717, 1.165) is 44.6 Å². The quantitative estimate of drug-likeness (QED) is 0.213. The van der Waals surface area contributed by atoms with Crippen LogP contribution < -0.4 is 0 Å². The highest BCUT2D eigenvalue weighted by Crippen LogP contribution is 2.36. The third-order valence-corrected chi connectivity index (χ3v) is 8.32. The van der Waals surface area contributed by atoms with E-state index in [9.17, 15) is 9.59 Å². The molecular formula is C34H24N2O2S. The molecule has 0 atom stereocenters. The Hall–Kier alpha value is -4.61. The van der Waals surface area contributed by atoms with E-state index in [4.69, 9.17) is 0 Å². The number of para-hydroxylation sites is 1. The zero-order valence-electron chi connectivity index (χ0n) is 21.1. The molecule has 39 heavy (non-hydrogen) atoms. The third kappa shape index (κ3) is 4.21. The van der Waals surface area contributed by atoms with Gasteiger partial charge in [-0.1, -0.05) is 103 Å². The molecule has 2 amide bonds. The van der Waals surface area contributed by atoms with Crippen LogP contribution in [0.1, 0.15) is 16.7 Å². The van der Waals surface area contributed by atoms with Crippen LogP contribution in [0.15, 0.2) is 120 Å². The van der Waals surface area contributed by atoms with Crippen molar-refractivity contribution in [2.75, 3.05) is 0 Å². The first kappa shape index (κ1) is 23.5. The van der Waals surface area contributed by atoms with Gasteiger partial charge in [0.2, 0.25) is 0 Å². The SMILES string of the molecule is O=C1S/C(=C/c2cn(Cc3cccc4ccccc34)c3ccccc23)C(=O)N1Cc1cccc2ccccc12. The summed E-state index contributed by atoms with van der Waals surface area (Å²) in [5, 5.41) is 5.41. The van der Waals surface area contributed by atoms with E-state index >= 15 is 0 Å². The van der Waals surface area contributed by atoms with Gasteiger partial charge in [-0.3, -0.25) is 14.5 Å². The Kier molecular flexibility index (Phi) is 5.79. The summed E-state index contributed by atoms with van der Waals surface area (Å²) in [7, 11) is 0. The van der Waals surface area contributed by atoms with Crippen LogP contribution in [0.2, 0.25) is 0 Å². The lowest BCUT2D eigenvalue weighted by molar-refractivity contribution is -0.123. The van der Waals surface area contributed by atoms with E-state index in [0.29, 0.717) is 11.4 Å². The second-order valence-electron chi connectivity index (χ2n) is 9.77. The van der Waals surface area contributed by atoms with Crippen molar-refractivity contribution in [3.05, 3.63) is 137 Å². The molecule has 4 nitrogen and oxygen atoms in total. The van der Waals surface area contributed by atoms with Gasteiger partial charge in [0.1, 0.15) is 0 Å². The number of thioether (sulfide) groups is 1. The predicted octanol–water partition coefficient (Wildman–Crippen LogP) is 8.23. The molecule has 2 heterocycles. The van der Waals surface area contributed by atoms with Gasteiger partial charge in [0.05, 0.1) is 11.4 Å². The second kappa shape index (κ2) is 9.61. The molecule has 5 heteroatoms. The molecule has 188 valence electrons. The van der Waals surface area contributed by atoms with E-state index in [1.807, 2.05) is 60.7 Å². The fraction of sp³-hybridized carbons (Fsp3) is 0.0588. The lowest BCUT2D eigenvalue weighted by Gasteiger charge is -2.14. The van der Waals surface area contributed by atoms with Crippen LogP contribution in [-0.2, 0) is 17.9 Å². The number of fused-ring (bicyclic) bond motifs is 3. The van der Waals surface area contributed by atoms with Crippen LogP contribution in [0.25, 0.3) is 38.5 Å². The van der Waals surface area contributed by atoms with Crippen LogP contribution >= 0.6 is 11.8 Å². The normalized spacial score (nSPS) is 14.9. The Morgan fingerprint density at radius 2 is 1.18 bits per heavy atom. The lowest BCUT2D eigenvalue weighted by atomic mass is 10.0. The fourth-order valence-corrected chi connectivity index (χ4v) is 6.34. The molecule has 0 spiro atoms. The molecule has 0 unspecified atom stereocenters. The third-order valence-electron chi connectivity index (χ3n) is 7.41. The minimum Gasteiger partial charge on any atom is -0.342 e. The monoisotopic (exact) mass is 524 g/mol. The first-order valence-electron chi connectivity index (χ1n) is 12.9. The van der Waals surface area contributed by atoms with Crippen molar-refractivity contribution in [3.8, 4) is 0 Å². The minimum absolute atomic E-state index is 0.237. The van der Waals surface area contributed by atoms with Crippen molar-refractivity contribution in [2.24, 2.45) is 0 Å². The maximum Gasteiger partial charge on any atom is 0.293 e. The smallest absolute Gasteiger partial charge is 0.293 e. The molecule has 0 N–H and O–H groups in total. The van der Waals surface area contributed by atoms with E-state index in [1.54, 1.807) is 0 Å². The Morgan fingerprint density at radius 3 is 1.87 bits per heavy atom. The highest BCUT2D eigenvalue weighted by Gasteiger charge is 2.35. The molecule has 1 aliphatic heterocycles. The number of carbonyl (C=O) groups is 2. The Labute approximate surface area is 230 Å². The summed E-state index contributed by atoms with van der Waals surface area (Å²) in [4.78, 5) is 28.2. The van der Waals surface area contributed by atoms with Crippen molar-refractivity contribution >= 4 is 61.4 Å². The number of aromatic nitrogens is 1. The van der Waals surface area contributed by atoms with E-state index in [-0.39, 0.29) is 17.7 Å². The molecule has 0 radical (unpaired) electrons. The molecule has 0 aliphatic carbocycles. The van der Waals surface area contributed by atoms with Crippen LogP contribution in [-0.4, -0.2) is 20.6 Å². The van der Waals surface area contributed by atoms with Gasteiger partial charge in [-0.2, -0.15) is 0 Å². The van der Waals surface area contributed by atoms with Crippen molar-refractivity contribution in [1.29, 1.82) is 0 Å². The van der Waals surface area contributed by atoms with E-state index in [2.05, 4.69) is 65.4 Å². The van der Waals surface area contributed by atoms with Crippen LogP contribution in [0.4, 0.5) is 4.79 Å². The molecule has 0 bridgehead atoms. The number of benzene rings is 5. The predicted molar refractivity (Wildman–Crippen MR) is 160 cm³/mol. The number of carbonyl (C=O) groups excluding carboxylic acids is 2. The summed E-state index contributed by atoms with van der Waals surface area (Å²) in [6.07, 6.45) is 3.96. The van der Waals surface area contributed by atoms with Gasteiger partial charge in [-0.25, -0.2) is 0 Å². The number of amides is 2. The zero-order valence-corrected chi connectivity index (χ0v) is 21.9. The Bertz CT molecular complexity index is 1940. The van der Waals surface area contributed by atoms with Gasteiger partial charge in [-0.05, 0) is 56.6 Å². The van der Waals surface area contributed by atoms with E-state index in [1.165, 1.54) is 21.2 Å². The standard InChI is InChI=1S/C34H24N2O2S/c37-33-32(39-34(38)36(33)22-26-14-8-12-24-10-2-4-16-29(24)26)19-27-21-35(31-18-6-5-17-30(27)31)20-25-13-7-11-23-9-1-3-15-28(23)25/h1-19,21H,20,22H2/b32-19+. The highest BCUT2D eigenvalue weighted by atomic mass is 32.2. The van der Waals surface area contributed by atoms with Crippen molar-refractivity contribution in [3.63, 3.8) is 0 Å². The Balaban J connectivity index is 1.23. The first-order valence-corrected chi connectivity index (χ1v) is 13.7. The first-order chi connectivity index (χ1) is 19.2. The van der Waals surface area contributed by atoms with Crippen LogP contribution in [0.3, 0.4) is 0 Å². The summed E-state index contributed by atoms with van der Waals surface area (Å²) in [5.74, 6) is -0.246. The van der Waals surface area contributed by atoms with Gasteiger partial charge in [0.15, 0.2) is 0 Å². The van der Waals surface area contributed by atoms with Gasteiger partial charge < -0.3 is 4.57 Å². The molecule has 1 aromatic heterocycles. The molecule has 5 aromatic carbocycles. The summed E-state index contributed by atoms with van der Waals surface area (Å²) >= 11 is 1.01. The number of rotatable bonds is 5. The summed E-state index contributed by atoms with van der Waals surface area (Å²) in [6.45, 7) is 0.963. The molecule has 0 saturated carbocycles. The van der Waals surface area contributed by atoms with Crippen LogP contribution in [0.5, 0.6) is 0 Å². The number of hydrogen-bond acceptors (Lipinski definition) is 3. The Morgan fingerprint density at radius 1 is 0.615 bits per heavy atom. The maximum atomic E-state index is 13.5. The van der Waals surface area contributed by atoms with Crippen molar-refractivity contribution in [2.45, 2.75) is 13.1 Å². The average Bonchev–Trinajstić information content (AvgIpc) is 3.45. The van der Waals surface area contributed by atoms with E-state index < -0.39 is 0 Å². The lowest BCUT2D eigenvalue weighted by Crippen LogP contribution is -2.27. The molecule has 1 aliphatic rings. The van der Waals surface area contributed by atoms with Gasteiger partial charge in [0, 0.05) is 29.2 Å². The second-order valence-corrected chi connectivity index (χ2v) is 10.8. The van der Waals surface area contributed by atoms with Crippen LogP contribution in [0, 0.1) is 0 Å². The molecule has 6 aromatic rings. The zero-order chi connectivity index (χ0) is 26.3. The fourth-order valence-electron chi connectivity index (χ4n) is 5.51. The molecular weight excluding hydrogens is 500 g/mol. The summed E-state index contributed by atoms with van der Waals surface area (Å²) in [6, 6.07) is 37.1. The number of hydrogen-bond donors (Lipinski definition) is 0. The number of nitrogens with zero attached hydrogens (tertiary/aromatic N) is 2. The minimum atomic E-state index is -0.246. The van der Waals surface area contributed by atoms with Gasteiger partial charge in [-0.15, -0.1) is 0 Å². The average molecular weight is 525 g/mol. The number of imide groups is 1. The molecule has 1 saturated heterocycles. The molecule has 1 fully saturated rings. The largest absolute Gasteiger partial charge is 0.342 e. The highest BCUT2D eigenvalue weighted by molar-refractivity contribution is 8.18. The maximum absolute atomic E-state index is 13.5.